The third-order valence-electron chi connectivity index (χ3n) is 6.25. The van der Waals surface area contributed by atoms with Crippen LogP contribution < -0.4 is 10.6 Å². The van der Waals surface area contributed by atoms with E-state index in [1.54, 1.807) is 4.90 Å². The molecule has 2 fully saturated rings. The van der Waals surface area contributed by atoms with Crippen LogP contribution in [0.4, 0.5) is 0 Å². The lowest BCUT2D eigenvalue weighted by molar-refractivity contribution is -0.136. The molecule has 2 unspecified atom stereocenters. The van der Waals surface area contributed by atoms with Gasteiger partial charge in [-0.1, -0.05) is 19.1 Å². The van der Waals surface area contributed by atoms with Gasteiger partial charge in [0.05, 0.1) is 0 Å². The largest absolute Gasteiger partial charge is 0.322 e. The summed E-state index contributed by atoms with van der Waals surface area (Å²) < 4.78 is 0. The molecule has 7 nitrogen and oxygen atoms in total. The van der Waals surface area contributed by atoms with Crippen LogP contribution in [0, 0.1) is 0 Å². The van der Waals surface area contributed by atoms with Gasteiger partial charge in [-0.2, -0.15) is 0 Å². The van der Waals surface area contributed by atoms with Gasteiger partial charge >= 0.3 is 0 Å². The molecule has 0 saturated carbocycles. The minimum atomic E-state index is -0.560. The standard InChI is InChI=1S/C21H28N4O3/c1-2-24(15-6-4-10-22-11-15)12-14-5-3-7-16-17(14)13-25(21(16)28)18-8-9-19(26)23-20(18)27/h3,5,7,15,18,22H,2,4,6,8-13H2,1H3,(H,23,26,27). The van der Waals surface area contributed by atoms with Gasteiger partial charge in [0.15, 0.2) is 0 Å². The fourth-order valence-electron chi connectivity index (χ4n) is 4.66. The predicted octanol–water partition coefficient (Wildman–Crippen LogP) is 1.02. The molecule has 0 aliphatic carbocycles. The summed E-state index contributed by atoms with van der Waals surface area (Å²) in [4.78, 5) is 40.8. The molecule has 0 aromatic heterocycles. The van der Waals surface area contributed by atoms with Gasteiger partial charge in [0.1, 0.15) is 6.04 Å². The van der Waals surface area contributed by atoms with Gasteiger partial charge in [-0.3, -0.25) is 24.6 Å². The van der Waals surface area contributed by atoms with E-state index in [-0.39, 0.29) is 24.1 Å². The monoisotopic (exact) mass is 384 g/mol. The van der Waals surface area contributed by atoms with Crippen LogP contribution in [0.5, 0.6) is 0 Å². The third-order valence-corrected chi connectivity index (χ3v) is 6.25. The van der Waals surface area contributed by atoms with E-state index in [0.717, 1.165) is 37.3 Å². The molecule has 3 aliphatic rings. The number of carbonyl (C=O) groups excluding carboxylic acids is 3. The summed E-state index contributed by atoms with van der Waals surface area (Å²) in [5.74, 6) is -0.720. The van der Waals surface area contributed by atoms with Gasteiger partial charge in [-0.15, -0.1) is 0 Å². The van der Waals surface area contributed by atoms with Crippen molar-refractivity contribution in [3.8, 4) is 0 Å². The van der Waals surface area contributed by atoms with Gasteiger partial charge in [0.2, 0.25) is 11.8 Å². The van der Waals surface area contributed by atoms with E-state index in [0.29, 0.717) is 24.6 Å². The Bertz CT molecular complexity index is 788. The molecule has 2 N–H and O–H groups in total. The van der Waals surface area contributed by atoms with Crippen molar-refractivity contribution in [3.05, 3.63) is 34.9 Å². The van der Waals surface area contributed by atoms with E-state index >= 15 is 0 Å². The number of likely N-dealkylation sites (N-methyl/N-ethyl adjacent to an activating group) is 1. The zero-order valence-electron chi connectivity index (χ0n) is 16.4. The van der Waals surface area contributed by atoms with Crippen LogP contribution in [0.2, 0.25) is 0 Å². The zero-order chi connectivity index (χ0) is 19.7. The fraction of sp³-hybridized carbons (Fsp3) is 0.571. The number of amides is 3. The molecule has 1 aromatic carbocycles. The van der Waals surface area contributed by atoms with Crippen molar-refractivity contribution in [1.29, 1.82) is 0 Å². The van der Waals surface area contributed by atoms with E-state index in [1.807, 2.05) is 12.1 Å². The number of imide groups is 1. The molecule has 0 radical (unpaired) electrons. The zero-order valence-corrected chi connectivity index (χ0v) is 16.4. The molecule has 0 spiro atoms. The smallest absolute Gasteiger partial charge is 0.255 e. The second-order valence-electron chi connectivity index (χ2n) is 7.91. The first kappa shape index (κ1) is 19.1. The normalized spacial score (nSPS) is 25.2. The number of rotatable bonds is 5. The lowest BCUT2D eigenvalue weighted by Crippen LogP contribution is -2.52. The summed E-state index contributed by atoms with van der Waals surface area (Å²) in [5, 5.41) is 5.84. The summed E-state index contributed by atoms with van der Waals surface area (Å²) in [7, 11) is 0. The van der Waals surface area contributed by atoms with Crippen molar-refractivity contribution in [2.24, 2.45) is 0 Å². The number of hydrogen-bond acceptors (Lipinski definition) is 5. The van der Waals surface area contributed by atoms with Crippen LogP contribution in [0.3, 0.4) is 0 Å². The maximum atomic E-state index is 13.0. The van der Waals surface area contributed by atoms with E-state index in [2.05, 4.69) is 28.5 Å². The Hall–Kier alpha value is -2.25. The van der Waals surface area contributed by atoms with Gasteiger partial charge in [-0.05, 0) is 49.5 Å². The van der Waals surface area contributed by atoms with Gasteiger partial charge < -0.3 is 10.2 Å². The van der Waals surface area contributed by atoms with Gasteiger partial charge in [0, 0.05) is 37.7 Å². The fourth-order valence-corrected chi connectivity index (χ4v) is 4.66. The Morgan fingerprint density at radius 1 is 1.21 bits per heavy atom. The number of fused-ring (bicyclic) bond motifs is 1. The van der Waals surface area contributed by atoms with Crippen LogP contribution >= 0.6 is 0 Å². The summed E-state index contributed by atoms with van der Waals surface area (Å²) in [5.41, 5.74) is 2.88. The molecular weight excluding hydrogens is 356 g/mol. The number of benzene rings is 1. The molecule has 0 bridgehead atoms. The second kappa shape index (κ2) is 8.01. The van der Waals surface area contributed by atoms with Crippen molar-refractivity contribution in [2.75, 3.05) is 19.6 Å². The minimum absolute atomic E-state index is 0.103. The van der Waals surface area contributed by atoms with Crippen molar-refractivity contribution in [3.63, 3.8) is 0 Å². The lowest BCUT2D eigenvalue weighted by Gasteiger charge is -2.34. The molecule has 1 aromatic rings. The third kappa shape index (κ3) is 3.56. The van der Waals surface area contributed by atoms with Gasteiger partial charge in [-0.25, -0.2) is 0 Å². The maximum absolute atomic E-state index is 13.0. The summed E-state index contributed by atoms with van der Waals surface area (Å²) >= 11 is 0. The Kier molecular flexibility index (Phi) is 5.46. The number of nitrogens with zero attached hydrogens (tertiary/aromatic N) is 2. The lowest BCUT2D eigenvalue weighted by atomic mass is 10.0. The summed E-state index contributed by atoms with van der Waals surface area (Å²) in [6.07, 6.45) is 3.06. The van der Waals surface area contributed by atoms with Crippen molar-refractivity contribution >= 4 is 17.7 Å². The molecule has 4 rings (SSSR count). The highest BCUT2D eigenvalue weighted by atomic mass is 16.2. The summed E-state index contributed by atoms with van der Waals surface area (Å²) in [6.45, 7) is 6.48. The SMILES string of the molecule is CCN(Cc1cccc2c1CN(C1CCC(=O)NC1=O)C2=O)C1CCCNC1. The maximum Gasteiger partial charge on any atom is 0.255 e. The Morgan fingerprint density at radius 2 is 2.07 bits per heavy atom. The molecule has 3 heterocycles. The molecule has 2 atom stereocenters. The topological polar surface area (TPSA) is 81.8 Å². The number of nitrogens with one attached hydrogen (secondary N) is 2. The van der Waals surface area contributed by atoms with Crippen LogP contribution in [0.15, 0.2) is 18.2 Å². The first-order chi connectivity index (χ1) is 13.6. The van der Waals surface area contributed by atoms with Crippen LogP contribution in [-0.2, 0) is 22.7 Å². The van der Waals surface area contributed by atoms with Crippen LogP contribution in [0.1, 0.15) is 54.1 Å². The molecule has 7 heteroatoms. The minimum Gasteiger partial charge on any atom is -0.322 e. The Morgan fingerprint density at radius 3 is 2.79 bits per heavy atom. The van der Waals surface area contributed by atoms with E-state index < -0.39 is 6.04 Å². The number of carbonyl (C=O) groups is 3. The molecular formula is C21H28N4O3. The number of hydrogen-bond donors (Lipinski definition) is 2. The first-order valence-electron chi connectivity index (χ1n) is 10.3. The highest BCUT2D eigenvalue weighted by molar-refractivity contribution is 6.05. The van der Waals surface area contributed by atoms with E-state index in [4.69, 9.17) is 0 Å². The molecule has 3 amide bonds. The molecule has 3 aliphatic heterocycles. The average molecular weight is 384 g/mol. The summed E-state index contributed by atoms with van der Waals surface area (Å²) in [6, 6.07) is 5.84. The highest BCUT2D eigenvalue weighted by Crippen LogP contribution is 2.31. The van der Waals surface area contributed by atoms with E-state index in [9.17, 15) is 14.4 Å². The predicted molar refractivity (Wildman–Crippen MR) is 104 cm³/mol. The average Bonchev–Trinajstić information content (AvgIpc) is 3.04. The quantitative estimate of drug-likeness (QED) is 0.741. The molecule has 28 heavy (non-hydrogen) atoms. The van der Waals surface area contributed by atoms with Gasteiger partial charge in [0.25, 0.3) is 5.91 Å². The van der Waals surface area contributed by atoms with Crippen LogP contribution in [0.25, 0.3) is 0 Å². The Balaban J connectivity index is 1.54. The molecule has 150 valence electrons. The molecule has 2 saturated heterocycles. The first-order valence-corrected chi connectivity index (χ1v) is 10.3. The van der Waals surface area contributed by atoms with Crippen LogP contribution in [-0.4, -0.2) is 59.2 Å². The highest BCUT2D eigenvalue weighted by Gasteiger charge is 2.39. The van der Waals surface area contributed by atoms with E-state index in [1.165, 1.54) is 12.8 Å². The van der Waals surface area contributed by atoms with Crippen molar-refractivity contribution in [2.45, 2.75) is 57.8 Å². The van der Waals surface area contributed by atoms with Crippen molar-refractivity contribution < 1.29 is 14.4 Å². The number of piperidine rings is 2. The van der Waals surface area contributed by atoms with Crippen molar-refractivity contribution in [1.82, 2.24) is 20.4 Å². The Labute approximate surface area is 165 Å². The second-order valence-corrected chi connectivity index (χ2v) is 7.91.